The first kappa shape index (κ1) is 18.8. The summed E-state index contributed by atoms with van der Waals surface area (Å²) in [5, 5.41) is 4.31. The van der Waals surface area contributed by atoms with Crippen molar-refractivity contribution in [2.24, 2.45) is 5.73 Å². The number of furan rings is 1. The van der Waals surface area contributed by atoms with Crippen molar-refractivity contribution < 1.29 is 9.21 Å². The number of para-hydroxylation sites is 1. The van der Waals surface area contributed by atoms with Crippen LogP contribution in [-0.2, 0) is 0 Å². The molecule has 0 aliphatic carbocycles. The fraction of sp³-hybridized carbons (Fsp3) is 0.438. The summed E-state index contributed by atoms with van der Waals surface area (Å²) in [7, 11) is 0. The highest BCUT2D eigenvalue weighted by molar-refractivity contribution is 6.35. The SMILES string of the molecule is CCCCC(CN)NC(=O)c1oc2c(Cl)cccc2c1C.Cl. The van der Waals surface area contributed by atoms with Gasteiger partial charge in [0, 0.05) is 23.5 Å². The Hall–Kier alpha value is -1.23. The molecule has 3 N–H and O–H groups in total. The first-order valence-corrected chi connectivity index (χ1v) is 7.64. The zero-order valence-corrected chi connectivity index (χ0v) is 14.4. The van der Waals surface area contributed by atoms with Crippen molar-refractivity contribution in [2.45, 2.75) is 39.2 Å². The van der Waals surface area contributed by atoms with E-state index < -0.39 is 0 Å². The van der Waals surface area contributed by atoms with Crippen molar-refractivity contribution in [1.29, 1.82) is 0 Å². The van der Waals surface area contributed by atoms with Crippen molar-refractivity contribution in [3.05, 3.63) is 34.5 Å². The third-order valence-corrected chi connectivity index (χ3v) is 3.95. The summed E-state index contributed by atoms with van der Waals surface area (Å²) >= 11 is 6.10. The Morgan fingerprint density at radius 1 is 1.45 bits per heavy atom. The van der Waals surface area contributed by atoms with Crippen LogP contribution in [0.2, 0.25) is 5.02 Å². The van der Waals surface area contributed by atoms with E-state index in [0.29, 0.717) is 22.9 Å². The molecule has 2 aromatic rings. The lowest BCUT2D eigenvalue weighted by atomic mass is 10.1. The molecule has 1 aromatic heterocycles. The fourth-order valence-corrected chi connectivity index (χ4v) is 2.59. The monoisotopic (exact) mass is 344 g/mol. The van der Waals surface area contributed by atoms with E-state index in [0.717, 1.165) is 30.2 Å². The van der Waals surface area contributed by atoms with Gasteiger partial charge in [0.2, 0.25) is 0 Å². The van der Waals surface area contributed by atoms with Gasteiger partial charge in [0.1, 0.15) is 0 Å². The van der Waals surface area contributed by atoms with E-state index in [9.17, 15) is 4.79 Å². The number of hydrogen-bond acceptors (Lipinski definition) is 3. The first-order valence-electron chi connectivity index (χ1n) is 7.27. The maximum absolute atomic E-state index is 12.4. The lowest BCUT2D eigenvalue weighted by Gasteiger charge is -2.15. The Labute approximate surface area is 141 Å². The van der Waals surface area contributed by atoms with Crippen molar-refractivity contribution in [3.63, 3.8) is 0 Å². The number of benzene rings is 1. The van der Waals surface area contributed by atoms with Gasteiger partial charge in [0.25, 0.3) is 5.91 Å². The van der Waals surface area contributed by atoms with E-state index in [1.54, 1.807) is 6.07 Å². The van der Waals surface area contributed by atoms with Gasteiger partial charge in [-0.1, -0.05) is 43.5 Å². The van der Waals surface area contributed by atoms with Gasteiger partial charge in [-0.3, -0.25) is 4.79 Å². The predicted molar refractivity (Wildman–Crippen MR) is 93.0 cm³/mol. The maximum Gasteiger partial charge on any atom is 0.287 e. The molecule has 1 aromatic carbocycles. The number of rotatable bonds is 6. The van der Waals surface area contributed by atoms with Crippen LogP contribution in [0.4, 0.5) is 0 Å². The van der Waals surface area contributed by atoms with Crippen molar-refractivity contribution in [1.82, 2.24) is 5.32 Å². The zero-order valence-electron chi connectivity index (χ0n) is 12.8. The fourth-order valence-electron chi connectivity index (χ4n) is 2.38. The minimum absolute atomic E-state index is 0. The molecule has 1 unspecified atom stereocenters. The molecule has 0 bridgehead atoms. The maximum atomic E-state index is 12.4. The molecule has 0 saturated heterocycles. The molecule has 0 fully saturated rings. The second-order valence-corrected chi connectivity index (χ2v) is 5.63. The van der Waals surface area contributed by atoms with Crippen LogP contribution in [0.5, 0.6) is 0 Å². The van der Waals surface area contributed by atoms with E-state index in [2.05, 4.69) is 12.2 Å². The van der Waals surface area contributed by atoms with Crippen LogP contribution in [0.1, 0.15) is 42.3 Å². The smallest absolute Gasteiger partial charge is 0.287 e. The van der Waals surface area contributed by atoms with Crippen LogP contribution in [0.15, 0.2) is 22.6 Å². The number of carbonyl (C=O) groups is 1. The van der Waals surface area contributed by atoms with Crippen molar-refractivity contribution in [2.75, 3.05) is 6.54 Å². The molecule has 122 valence electrons. The first-order chi connectivity index (χ1) is 10.1. The van der Waals surface area contributed by atoms with Crippen LogP contribution in [-0.4, -0.2) is 18.5 Å². The molecule has 0 aliphatic rings. The summed E-state index contributed by atoms with van der Waals surface area (Å²) in [6, 6.07) is 5.46. The van der Waals surface area contributed by atoms with E-state index in [-0.39, 0.29) is 24.4 Å². The number of aryl methyl sites for hydroxylation is 1. The molecule has 0 aliphatic heterocycles. The molecule has 2 rings (SSSR count). The van der Waals surface area contributed by atoms with Crippen LogP contribution in [0, 0.1) is 6.92 Å². The number of amides is 1. The topological polar surface area (TPSA) is 68.3 Å². The number of hydrogen-bond donors (Lipinski definition) is 2. The van der Waals surface area contributed by atoms with E-state index in [1.807, 2.05) is 19.1 Å². The Bertz CT molecular complexity index is 640. The Morgan fingerprint density at radius 3 is 2.77 bits per heavy atom. The highest BCUT2D eigenvalue weighted by Gasteiger charge is 2.20. The van der Waals surface area contributed by atoms with Gasteiger partial charge in [0.05, 0.1) is 5.02 Å². The molecular formula is C16H22Cl2N2O2. The summed E-state index contributed by atoms with van der Waals surface area (Å²) in [6.45, 7) is 4.40. The van der Waals surface area contributed by atoms with Crippen LogP contribution >= 0.6 is 24.0 Å². The number of nitrogens with two attached hydrogens (primary N) is 1. The largest absolute Gasteiger partial charge is 0.449 e. The van der Waals surface area contributed by atoms with Gasteiger partial charge in [-0.15, -0.1) is 12.4 Å². The molecule has 1 amide bonds. The Morgan fingerprint density at radius 2 is 2.18 bits per heavy atom. The summed E-state index contributed by atoms with van der Waals surface area (Å²) < 4.78 is 5.66. The third kappa shape index (κ3) is 3.94. The molecule has 6 heteroatoms. The number of halogens is 2. The molecule has 1 heterocycles. The molecule has 0 spiro atoms. The Balaban J connectivity index is 0.00000242. The number of carbonyl (C=O) groups excluding carboxylic acids is 1. The summed E-state index contributed by atoms with van der Waals surface area (Å²) in [5.41, 5.74) is 7.07. The van der Waals surface area contributed by atoms with Gasteiger partial charge in [-0.2, -0.15) is 0 Å². The van der Waals surface area contributed by atoms with E-state index in [4.69, 9.17) is 21.8 Å². The normalized spacial score (nSPS) is 12.0. The second kappa shape index (κ2) is 8.42. The summed E-state index contributed by atoms with van der Waals surface area (Å²) in [5.74, 6) is 0.0827. The average Bonchev–Trinajstić information content (AvgIpc) is 2.82. The quantitative estimate of drug-likeness (QED) is 0.829. The van der Waals surface area contributed by atoms with Gasteiger partial charge in [-0.25, -0.2) is 0 Å². The summed E-state index contributed by atoms with van der Waals surface area (Å²) in [6.07, 6.45) is 2.98. The van der Waals surface area contributed by atoms with Crippen LogP contribution < -0.4 is 11.1 Å². The molecule has 0 radical (unpaired) electrons. The van der Waals surface area contributed by atoms with Gasteiger partial charge in [-0.05, 0) is 19.4 Å². The van der Waals surface area contributed by atoms with E-state index in [1.165, 1.54) is 0 Å². The number of fused-ring (bicyclic) bond motifs is 1. The van der Waals surface area contributed by atoms with Gasteiger partial charge < -0.3 is 15.5 Å². The Kier molecular flexibility index (Phi) is 7.20. The minimum Gasteiger partial charge on any atom is -0.449 e. The number of unbranched alkanes of at least 4 members (excludes halogenated alkanes) is 1. The van der Waals surface area contributed by atoms with Gasteiger partial charge in [0.15, 0.2) is 11.3 Å². The molecule has 4 nitrogen and oxygen atoms in total. The molecular weight excluding hydrogens is 323 g/mol. The lowest BCUT2D eigenvalue weighted by molar-refractivity contribution is 0.0909. The van der Waals surface area contributed by atoms with Crippen LogP contribution in [0.25, 0.3) is 11.0 Å². The van der Waals surface area contributed by atoms with Crippen LogP contribution in [0.3, 0.4) is 0 Å². The van der Waals surface area contributed by atoms with Crippen molar-refractivity contribution in [3.8, 4) is 0 Å². The average molecular weight is 345 g/mol. The van der Waals surface area contributed by atoms with E-state index >= 15 is 0 Å². The standard InChI is InChI=1S/C16H21ClN2O2.ClH/c1-3-4-6-11(9-18)19-16(20)14-10(2)12-7-5-8-13(17)15(12)21-14;/h5,7-8,11H,3-4,6,9,18H2,1-2H3,(H,19,20);1H. The molecule has 22 heavy (non-hydrogen) atoms. The van der Waals surface area contributed by atoms with Crippen molar-refractivity contribution >= 4 is 40.9 Å². The minimum atomic E-state index is -0.230. The highest BCUT2D eigenvalue weighted by atomic mass is 35.5. The zero-order chi connectivity index (χ0) is 15.4. The predicted octanol–water partition coefficient (Wildman–Crippen LogP) is 4.06. The molecule has 1 atom stereocenters. The third-order valence-electron chi connectivity index (χ3n) is 3.65. The lowest BCUT2D eigenvalue weighted by Crippen LogP contribution is -2.40. The number of nitrogens with one attached hydrogen (secondary N) is 1. The summed E-state index contributed by atoms with van der Waals surface area (Å²) in [4.78, 5) is 12.4. The molecule has 0 saturated carbocycles. The van der Waals surface area contributed by atoms with Gasteiger partial charge >= 0.3 is 0 Å². The highest BCUT2D eigenvalue weighted by Crippen LogP contribution is 2.30. The second-order valence-electron chi connectivity index (χ2n) is 5.22.